The van der Waals surface area contributed by atoms with Crippen LogP contribution in [0.5, 0.6) is 5.75 Å². The average molecular weight is 508 g/mol. The molecule has 0 fully saturated rings. The molecule has 0 aliphatic carbocycles. The summed E-state index contributed by atoms with van der Waals surface area (Å²) in [6.07, 6.45) is 6.14. The van der Waals surface area contributed by atoms with E-state index in [1.165, 1.54) is 16.5 Å². The standard InChI is InChI=1S/C29H30ClNO3S/c1-2-8-24-23-15-16-31(22-9-4-3-5-10-22)26(23)12-13-27(24)34-17-6-7-18-35-28-14-11-21(19-25(28)30)20-29(32)33/h3-5,9-16,19H,2,6-8,17-18,20H2,1H3,(H,32,33). The number of hydrogen-bond donors (Lipinski definition) is 1. The third-order valence-corrected chi connectivity index (χ3v) is 7.47. The summed E-state index contributed by atoms with van der Waals surface area (Å²) < 4.78 is 8.47. The fourth-order valence-corrected chi connectivity index (χ4v) is 5.53. The monoisotopic (exact) mass is 507 g/mol. The van der Waals surface area contributed by atoms with Crippen LogP contribution >= 0.6 is 23.4 Å². The Balaban J connectivity index is 1.33. The van der Waals surface area contributed by atoms with Crippen LogP contribution < -0.4 is 4.74 Å². The number of aromatic nitrogens is 1. The third kappa shape index (κ3) is 6.41. The van der Waals surface area contributed by atoms with Crippen LogP contribution in [0.2, 0.25) is 5.02 Å². The molecule has 35 heavy (non-hydrogen) atoms. The Kier molecular flexibility index (Phi) is 8.78. The van der Waals surface area contributed by atoms with Crippen molar-refractivity contribution in [2.24, 2.45) is 0 Å². The van der Waals surface area contributed by atoms with Gasteiger partial charge in [0.2, 0.25) is 0 Å². The molecule has 1 aromatic heterocycles. The van der Waals surface area contributed by atoms with E-state index in [2.05, 4.69) is 60.2 Å². The Morgan fingerprint density at radius 3 is 2.63 bits per heavy atom. The van der Waals surface area contributed by atoms with E-state index in [1.54, 1.807) is 17.8 Å². The lowest BCUT2D eigenvalue weighted by atomic mass is 10.0. The second-order valence-electron chi connectivity index (χ2n) is 8.49. The number of para-hydroxylation sites is 1. The van der Waals surface area contributed by atoms with E-state index in [0.29, 0.717) is 11.6 Å². The zero-order valence-corrected chi connectivity index (χ0v) is 21.4. The van der Waals surface area contributed by atoms with E-state index in [-0.39, 0.29) is 6.42 Å². The predicted octanol–water partition coefficient (Wildman–Crippen LogP) is 7.81. The molecule has 0 spiro atoms. The zero-order chi connectivity index (χ0) is 24.6. The van der Waals surface area contributed by atoms with Gasteiger partial charge < -0.3 is 14.4 Å². The van der Waals surface area contributed by atoms with Gasteiger partial charge in [0.15, 0.2) is 0 Å². The minimum atomic E-state index is -0.850. The van der Waals surface area contributed by atoms with Crippen molar-refractivity contribution in [1.29, 1.82) is 0 Å². The maximum atomic E-state index is 10.9. The van der Waals surface area contributed by atoms with Crippen LogP contribution in [0.4, 0.5) is 0 Å². The van der Waals surface area contributed by atoms with E-state index in [0.717, 1.165) is 53.3 Å². The van der Waals surface area contributed by atoms with E-state index < -0.39 is 5.97 Å². The smallest absolute Gasteiger partial charge is 0.307 e. The molecule has 0 bridgehead atoms. The second-order valence-corrected chi connectivity index (χ2v) is 10.0. The number of carboxylic acid groups (broad SMARTS) is 1. The van der Waals surface area contributed by atoms with Gasteiger partial charge in [-0.05, 0) is 73.0 Å². The number of carboxylic acids is 1. The molecule has 4 rings (SSSR count). The molecule has 1 heterocycles. The van der Waals surface area contributed by atoms with E-state index in [4.69, 9.17) is 21.4 Å². The molecule has 4 aromatic rings. The van der Waals surface area contributed by atoms with Gasteiger partial charge in [0, 0.05) is 27.7 Å². The Morgan fingerprint density at radius 2 is 1.89 bits per heavy atom. The molecule has 0 radical (unpaired) electrons. The molecule has 0 atom stereocenters. The van der Waals surface area contributed by atoms with Crippen LogP contribution in [0.15, 0.2) is 77.8 Å². The molecule has 0 saturated heterocycles. The van der Waals surface area contributed by atoms with Crippen molar-refractivity contribution in [3.63, 3.8) is 0 Å². The van der Waals surface area contributed by atoms with Crippen molar-refractivity contribution in [2.75, 3.05) is 12.4 Å². The van der Waals surface area contributed by atoms with Crippen LogP contribution in [0.1, 0.15) is 37.3 Å². The van der Waals surface area contributed by atoms with Gasteiger partial charge in [0.1, 0.15) is 5.75 Å². The first-order valence-corrected chi connectivity index (χ1v) is 13.4. The molecule has 182 valence electrons. The molecule has 0 amide bonds. The lowest BCUT2D eigenvalue weighted by molar-refractivity contribution is -0.136. The number of unbranched alkanes of at least 4 members (excludes halogenated alkanes) is 1. The topological polar surface area (TPSA) is 51.5 Å². The highest BCUT2D eigenvalue weighted by Gasteiger charge is 2.12. The van der Waals surface area contributed by atoms with Crippen molar-refractivity contribution >= 4 is 40.2 Å². The van der Waals surface area contributed by atoms with Crippen molar-refractivity contribution in [1.82, 2.24) is 4.57 Å². The van der Waals surface area contributed by atoms with Crippen LogP contribution in [-0.4, -0.2) is 28.0 Å². The van der Waals surface area contributed by atoms with Crippen LogP contribution in [0.3, 0.4) is 0 Å². The normalized spacial score (nSPS) is 11.1. The number of hydrogen-bond acceptors (Lipinski definition) is 3. The SMILES string of the molecule is CCCc1c(OCCCCSc2ccc(CC(=O)O)cc2Cl)ccc2c1ccn2-c1ccccc1. The van der Waals surface area contributed by atoms with Crippen molar-refractivity contribution in [3.05, 3.63) is 89.1 Å². The van der Waals surface area contributed by atoms with Crippen molar-refractivity contribution < 1.29 is 14.6 Å². The number of carbonyl (C=O) groups is 1. The van der Waals surface area contributed by atoms with Crippen LogP contribution in [0, 0.1) is 0 Å². The molecule has 0 aliphatic rings. The summed E-state index contributed by atoms with van der Waals surface area (Å²) in [5.74, 6) is 1.06. The minimum Gasteiger partial charge on any atom is -0.493 e. The lowest BCUT2D eigenvalue weighted by Crippen LogP contribution is -2.02. The number of nitrogens with zero attached hydrogens (tertiary/aromatic N) is 1. The first-order valence-electron chi connectivity index (χ1n) is 12.0. The van der Waals surface area contributed by atoms with Crippen molar-refractivity contribution in [3.8, 4) is 11.4 Å². The zero-order valence-electron chi connectivity index (χ0n) is 19.9. The van der Waals surface area contributed by atoms with E-state index in [9.17, 15) is 4.79 Å². The first kappa shape index (κ1) is 25.2. The summed E-state index contributed by atoms with van der Waals surface area (Å²) in [6.45, 7) is 2.88. The van der Waals surface area contributed by atoms with Gasteiger partial charge in [-0.25, -0.2) is 0 Å². The van der Waals surface area contributed by atoms with E-state index in [1.807, 2.05) is 18.2 Å². The van der Waals surface area contributed by atoms with E-state index >= 15 is 0 Å². The molecule has 6 heteroatoms. The summed E-state index contributed by atoms with van der Waals surface area (Å²) in [4.78, 5) is 11.8. The Hall–Kier alpha value is -2.89. The second kappa shape index (κ2) is 12.2. The maximum Gasteiger partial charge on any atom is 0.307 e. The van der Waals surface area contributed by atoms with Crippen LogP contribution in [0.25, 0.3) is 16.6 Å². The summed E-state index contributed by atoms with van der Waals surface area (Å²) >= 11 is 8.03. The molecule has 3 aromatic carbocycles. The fourth-order valence-electron chi connectivity index (χ4n) is 4.23. The molecule has 1 N–H and O–H groups in total. The molecule has 0 aliphatic heterocycles. The molecule has 0 saturated carbocycles. The number of rotatable bonds is 12. The number of thioether (sulfide) groups is 1. The first-order chi connectivity index (χ1) is 17.1. The predicted molar refractivity (Wildman–Crippen MR) is 146 cm³/mol. The van der Waals surface area contributed by atoms with Gasteiger partial charge in [-0.2, -0.15) is 0 Å². The lowest BCUT2D eigenvalue weighted by Gasteiger charge is -2.14. The number of benzene rings is 3. The van der Waals surface area contributed by atoms with Gasteiger partial charge in [-0.15, -0.1) is 11.8 Å². The van der Waals surface area contributed by atoms with Gasteiger partial charge in [0.05, 0.1) is 23.6 Å². The number of aryl methyl sites for hydroxylation is 1. The average Bonchev–Trinajstić information content (AvgIpc) is 3.28. The third-order valence-electron chi connectivity index (χ3n) is 5.88. The highest BCUT2D eigenvalue weighted by atomic mass is 35.5. The Labute approximate surface area is 215 Å². The highest BCUT2D eigenvalue weighted by Crippen LogP contribution is 2.32. The molecular formula is C29H30ClNO3S. The van der Waals surface area contributed by atoms with Crippen LogP contribution in [-0.2, 0) is 17.6 Å². The van der Waals surface area contributed by atoms with Gasteiger partial charge in [-0.3, -0.25) is 4.79 Å². The quantitative estimate of drug-likeness (QED) is 0.157. The summed E-state index contributed by atoms with van der Waals surface area (Å²) in [5.41, 5.74) is 4.36. The summed E-state index contributed by atoms with van der Waals surface area (Å²) in [5, 5.41) is 10.8. The number of fused-ring (bicyclic) bond motifs is 1. The molecule has 4 nitrogen and oxygen atoms in total. The summed E-state index contributed by atoms with van der Waals surface area (Å²) in [7, 11) is 0. The maximum absolute atomic E-state index is 10.9. The Bertz CT molecular complexity index is 1290. The summed E-state index contributed by atoms with van der Waals surface area (Å²) in [6, 6.07) is 22.4. The Morgan fingerprint density at radius 1 is 1.06 bits per heavy atom. The number of halogens is 1. The van der Waals surface area contributed by atoms with Crippen molar-refractivity contribution in [2.45, 2.75) is 43.9 Å². The highest BCUT2D eigenvalue weighted by molar-refractivity contribution is 7.99. The minimum absolute atomic E-state index is 0.00913. The van der Waals surface area contributed by atoms with Gasteiger partial charge in [0.25, 0.3) is 0 Å². The fraction of sp³-hybridized carbons (Fsp3) is 0.276. The number of aliphatic carboxylic acids is 1. The van der Waals surface area contributed by atoms with Gasteiger partial charge >= 0.3 is 5.97 Å². The molecular weight excluding hydrogens is 478 g/mol. The van der Waals surface area contributed by atoms with Gasteiger partial charge in [-0.1, -0.05) is 49.2 Å². The largest absolute Gasteiger partial charge is 0.493 e. The number of ether oxygens (including phenoxy) is 1. The molecule has 0 unspecified atom stereocenters.